The average molecular weight is 496 g/mol. The molecule has 1 atom stereocenters. The highest BCUT2D eigenvalue weighted by atomic mass is 32.2. The summed E-state index contributed by atoms with van der Waals surface area (Å²) in [5.74, 6) is 0.384. The second kappa shape index (κ2) is 10.8. The Bertz CT molecular complexity index is 1300. The molecule has 1 aliphatic heterocycles. The molecule has 2 N–H and O–H groups in total. The van der Waals surface area contributed by atoms with E-state index in [-0.39, 0.29) is 16.7 Å². The van der Waals surface area contributed by atoms with Crippen LogP contribution in [0.15, 0.2) is 64.5 Å². The molecule has 0 bridgehead atoms. The van der Waals surface area contributed by atoms with Gasteiger partial charge in [-0.2, -0.15) is 4.80 Å². The quantitative estimate of drug-likeness (QED) is 0.516. The molecule has 1 amide bonds. The molecule has 0 radical (unpaired) electrons. The van der Waals surface area contributed by atoms with E-state index in [1.54, 1.807) is 12.1 Å². The maximum Gasteiger partial charge on any atom is 0.262 e. The molecule has 0 spiro atoms. The molecule has 0 saturated carbocycles. The molecule has 0 aliphatic carbocycles. The van der Waals surface area contributed by atoms with Crippen LogP contribution in [0.25, 0.3) is 11.4 Å². The van der Waals surface area contributed by atoms with Gasteiger partial charge in [0.15, 0.2) is 6.04 Å². The van der Waals surface area contributed by atoms with Crippen LogP contribution in [0.3, 0.4) is 0 Å². The van der Waals surface area contributed by atoms with Crippen molar-refractivity contribution in [1.82, 2.24) is 24.9 Å². The Morgan fingerprint density at radius 2 is 1.83 bits per heavy atom. The van der Waals surface area contributed by atoms with Gasteiger partial charge in [0, 0.05) is 24.2 Å². The summed E-state index contributed by atoms with van der Waals surface area (Å²) in [6, 6.07) is 14.8. The van der Waals surface area contributed by atoms with E-state index in [2.05, 4.69) is 30.4 Å². The van der Waals surface area contributed by atoms with Gasteiger partial charge in [-0.25, -0.2) is 8.42 Å². The van der Waals surface area contributed by atoms with Crippen LogP contribution >= 0.6 is 0 Å². The third-order valence-electron chi connectivity index (χ3n) is 5.65. The van der Waals surface area contributed by atoms with E-state index in [0.29, 0.717) is 30.3 Å². The number of amides is 1. The average Bonchev–Trinajstić information content (AvgIpc) is 3.17. The summed E-state index contributed by atoms with van der Waals surface area (Å²) >= 11 is 0. The second-order valence-corrected chi connectivity index (χ2v) is 10.4. The smallest absolute Gasteiger partial charge is 0.262 e. The van der Waals surface area contributed by atoms with Gasteiger partial charge >= 0.3 is 0 Å². The van der Waals surface area contributed by atoms with Crippen molar-refractivity contribution in [3.63, 3.8) is 0 Å². The molecule has 184 valence electrons. The third kappa shape index (κ3) is 6.10. The highest BCUT2D eigenvalue weighted by Gasteiger charge is 2.28. The van der Waals surface area contributed by atoms with E-state index in [1.807, 2.05) is 44.2 Å². The first-order valence-corrected chi connectivity index (χ1v) is 13.1. The minimum absolute atomic E-state index is 0.0496. The molecule has 1 unspecified atom stereocenters. The fourth-order valence-corrected chi connectivity index (χ4v) is 4.98. The summed E-state index contributed by atoms with van der Waals surface area (Å²) < 4.78 is 28.4. The highest BCUT2D eigenvalue weighted by molar-refractivity contribution is 7.90. The van der Waals surface area contributed by atoms with Crippen LogP contribution < -0.4 is 10.0 Å². The van der Waals surface area contributed by atoms with Crippen LogP contribution in [0, 0.1) is 5.92 Å². The van der Waals surface area contributed by atoms with Gasteiger partial charge in [0.25, 0.3) is 15.9 Å². The Morgan fingerprint density at radius 1 is 1.03 bits per heavy atom. The van der Waals surface area contributed by atoms with Crippen molar-refractivity contribution in [2.24, 2.45) is 10.9 Å². The van der Waals surface area contributed by atoms with E-state index < -0.39 is 16.1 Å². The summed E-state index contributed by atoms with van der Waals surface area (Å²) in [6.45, 7) is 4.38. The molecule has 0 saturated heterocycles. The minimum atomic E-state index is -3.82. The van der Waals surface area contributed by atoms with Crippen LogP contribution in [0.5, 0.6) is 0 Å². The van der Waals surface area contributed by atoms with Gasteiger partial charge in [0.2, 0.25) is 5.82 Å². The number of tetrazole rings is 1. The van der Waals surface area contributed by atoms with Crippen molar-refractivity contribution in [2.45, 2.75) is 50.5 Å². The molecule has 0 fully saturated rings. The lowest BCUT2D eigenvalue weighted by Gasteiger charge is -2.19. The Hall–Kier alpha value is -3.60. The molecular formula is C24H29N7O3S. The molecule has 11 heteroatoms. The van der Waals surface area contributed by atoms with Crippen molar-refractivity contribution < 1.29 is 13.2 Å². The zero-order valence-electron chi connectivity index (χ0n) is 19.8. The fourth-order valence-electron chi connectivity index (χ4n) is 3.85. The second-order valence-electron chi connectivity index (χ2n) is 8.75. The number of carbonyl (C=O) groups excluding carboxylic acids is 1. The van der Waals surface area contributed by atoms with Crippen molar-refractivity contribution in [1.29, 1.82) is 0 Å². The zero-order valence-corrected chi connectivity index (χ0v) is 20.6. The molecule has 1 aliphatic rings. The van der Waals surface area contributed by atoms with E-state index >= 15 is 0 Å². The summed E-state index contributed by atoms with van der Waals surface area (Å²) in [5, 5.41) is 15.4. The van der Waals surface area contributed by atoms with Crippen molar-refractivity contribution in [3.05, 3.63) is 54.6 Å². The highest BCUT2D eigenvalue weighted by Crippen LogP contribution is 2.22. The van der Waals surface area contributed by atoms with Gasteiger partial charge in [0.05, 0.1) is 4.90 Å². The third-order valence-corrected chi connectivity index (χ3v) is 7.03. The molecule has 4 rings (SSSR count). The summed E-state index contributed by atoms with van der Waals surface area (Å²) in [6.07, 6.45) is 3.48. The fraction of sp³-hybridized carbons (Fsp3) is 0.375. The first-order valence-electron chi connectivity index (χ1n) is 11.7. The number of carbonyl (C=O) groups is 1. The van der Waals surface area contributed by atoms with E-state index in [4.69, 9.17) is 0 Å². The molecule has 1 aromatic heterocycles. The molecule has 2 aromatic carbocycles. The minimum Gasteiger partial charge on any atom is -0.324 e. The van der Waals surface area contributed by atoms with Gasteiger partial charge in [0.1, 0.15) is 5.84 Å². The number of aromatic nitrogens is 4. The number of nitrogens with one attached hydrogen (secondary N) is 2. The number of anilines is 1. The number of benzene rings is 2. The first-order chi connectivity index (χ1) is 16.8. The number of hydrogen-bond donors (Lipinski definition) is 2. The lowest BCUT2D eigenvalue weighted by atomic mass is 10.0. The van der Waals surface area contributed by atoms with Crippen LogP contribution in [-0.2, 0) is 14.8 Å². The summed E-state index contributed by atoms with van der Waals surface area (Å²) in [4.78, 5) is 18.9. The molecule has 10 nitrogen and oxygen atoms in total. The number of sulfonamides is 1. The van der Waals surface area contributed by atoms with Crippen LogP contribution in [0.1, 0.15) is 45.6 Å². The van der Waals surface area contributed by atoms with Gasteiger partial charge in [-0.3, -0.25) is 14.5 Å². The predicted molar refractivity (Wildman–Crippen MR) is 133 cm³/mol. The SMILES string of the molecule is CC(C)C(C(=O)Nc1cccc(S(=O)(=O)NC2=NCCCCC2)c1)n1nnc(-c2ccccc2)n1. The van der Waals surface area contributed by atoms with E-state index in [0.717, 1.165) is 24.8 Å². The van der Waals surface area contributed by atoms with Gasteiger partial charge in [-0.1, -0.05) is 56.7 Å². The maximum absolute atomic E-state index is 13.2. The van der Waals surface area contributed by atoms with E-state index in [9.17, 15) is 13.2 Å². The summed E-state index contributed by atoms with van der Waals surface area (Å²) in [7, 11) is -3.82. The maximum atomic E-state index is 13.2. The largest absolute Gasteiger partial charge is 0.324 e. The first kappa shape index (κ1) is 24.5. The topological polar surface area (TPSA) is 131 Å². The Morgan fingerprint density at radius 3 is 2.60 bits per heavy atom. The monoisotopic (exact) mass is 495 g/mol. The lowest BCUT2D eigenvalue weighted by Crippen LogP contribution is -2.32. The molecular weight excluding hydrogens is 466 g/mol. The van der Waals surface area contributed by atoms with Crippen LogP contribution in [-0.4, -0.2) is 46.9 Å². The zero-order chi connectivity index (χ0) is 24.8. The van der Waals surface area contributed by atoms with Gasteiger partial charge in [-0.15, -0.1) is 10.2 Å². The number of rotatable bonds is 7. The van der Waals surface area contributed by atoms with Crippen LogP contribution in [0.4, 0.5) is 5.69 Å². The normalized spacial score (nSPS) is 15.2. The van der Waals surface area contributed by atoms with Gasteiger partial charge < -0.3 is 5.32 Å². The summed E-state index contributed by atoms with van der Waals surface area (Å²) in [5.41, 5.74) is 1.15. The number of nitrogens with zero attached hydrogens (tertiary/aromatic N) is 5. The standard InChI is InChI=1S/C24H29N7O3S/c1-17(2)22(31-28-23(27-30-31)18-10-5-3-6-11-18)24(32)26-19-12-9-13-20(16-19)35(33,34)29-21-14-7-4-8-15-25-21/h3,5-6,9-13,16-17,22H,4,7-8,14-15H2,1-2H3,(H,25,29)(H,26,32). The molecule has 35 heavy (non-hydrogen) atoms. The number of aliphatic imine (C=N–C) groups is 1. The van der Waals surface area contributed by atoms with E-state index in [1.165, 1.54) is 16.9 Å². The molecule has 3 aromatic rings. The van der Waals surface area contributed by atoms with Crippen molar-refractivity contribution in [2.75, 3.05) is 11.9 Å². The van der Waals surface area contributed by atoms with Crippen LogP contribution in [0.2, 0.25) is 0 Å². The van der Waals surface area contributed by atoms with Crippen molar-refractivity contribution in [3.8, 4) is 11.4 Å². The Balaban J connectivity index is 1.51. The Kier molecular flexibility index (Phi) is 7.54. The van der Waals surface area contributed by atoms with Gasteiger partial charge in [-0.05, 0) is 42.2 Å². The number of hydrogen-bond acceptors (Lipinski definition) is 7. The van der Waals surface area contributed by atoms with Crippen molar-refractivity contribution >= 4 is 27.5 Å². The lowest BCUT2D eigenvalue weighted by molar-refractivity contribution is -0.121. The Labute approximate surface area is 204 Å². The predicted octanol–water partition coefficient (Wildman–Crippen LogP) is 3.43. The number of amidine groups is 1. The molecule has 2 heterocycles.